The van der Waals surface area contributed by atoms with Gasteiger partial charge in [0.15, 0.2) is 0 Å². The summed E-state index contributed by atoms with van der Waals surface area (Å²) in [7, 11) is 0. The summed E-state index contributed by atoms with van der Waals surface area (Å²) in [6.45, 7) is 5.50. The largest absolute Gasteiger partial charge is 0.481 e. The van der Waals surface area contributed by atoms with Gasteiger partial charge in [-0.25, -0.2) is 0 Å². The van der Waals surface area contributed by atoms with E-state index in [9.17, 15) is 14.7 Å². The fraction of sp³-hybridized carbons (Fsp3) is 0.562. The third-order valence-corrected chi connectivity index (χ3v) is 4.93. The molecule has 2 aliphatic carbocycles. The van der Waals surface area contributed by atoms with Gasteiger partial charge >= 0.3 is 5.97 Å². The summed E-state index contributed by atoms with van der Waals surface area (Å²) < 4.78 is 5.13. The highest BCUT2D eigenvalue weighted by molar-refractivity contribution is 5.87. The van der Waals surface area contributed by atoms with E-state index < -0.39 is 17.8 Å². The van der Waals surface area contributed by atoms with Crippen molar-refractivity contribution in [2.75, 3.05) is 0 Å². The maximum Gasteiger partial charge on any atom is 0.307 e. The zero-order chi connectivity index (χ0) is 16.0. The number of rotatable bonds is 4. The first-order chi connectivity index (χ1) is 10.4. The van der Waals surface area contributed by atoms with Gasteiger partial charge in [0, 0.05) is 5.56 Å². The third-order valence-electron chi connectivity index (χ3n) is 4.93. The fourth-order valence-electron chi connectivity index (χ4n) is 4.01. The lowest BCUT2D eigenvalue weighted by Crippen LogP contribution is -2.41. The second-order valence-electron chi connectivity index (χ2n) is 6.31. The van der Waals surface area contributed by atoms with E-state index in [4.69, 9.17) is 4.52 Å². The number of carbonyl (C=O) groups is 2. The maximum absolute atomic E-state index is 12.6. The molecule has 118 valence electrons. The number of allylic oxidation sites excluding steroid dienone is 2. The molecule has 1 saturated carbocycles. The Kier molecular flexibility index (Phi) is 3.54. The van der Waals surface area contributed by atoms with Gasteiger partial charge in [-0.2, -0.15) is 0 Å². The van der Waals surface area contributed by atoms with Crippen molar-refractivity contribution in [1.29, 1.82) is 0 Å². The number of nitrogens with one attached hydrogen (secondary N) is 1. The lowest BCUT2D eigenvalue weighted by molar-refractivity contribution is -0.148. The van der Waals surface area contributed by atoms with Gasteiger partial charge in [0.05, 0.1) is 23.6 Å². The minimum atomic E-state index is -0.887. The number of carboxylic acid groups (broad SMARTS) is 1. The number of aromatic nitrogens is 1. The van der Waals surface area contributed by atoms with E-state index in [0.29, 0.717) is 5.76 Å². The Morgan fingerprint density at radius 1 is 1.32 bits per heavy atom. The van der Waals surface area contributed by atoms with Crippen LogP contribution in [0.1, 0.15) is 36.4 Å². The molecule has 2 aliphatic rings. The summed E-state index contributed by atoms with van der Waals surface area (Å²) in [6.07, 6.45) is 4.68. The van der Waals surface area contributed by atoms with E-state index >= 15 is 0 Å². The molecule has 1 fully saturated rings. The molecule has 0 spiro atoms. The number of carbonyl (C=O) groups excluding carboxylic acids is 1. The van der Waals surface area contributed by atoms with Gasteiger partial charge in [0.25, 0.3) is 0 Å². The zero-order valence-electron chi connectivity index (χ0n) is 12.9. The normalized spacial score (nSPS) is 30.5. The van der Waals surface area contributed by atoms with Gasteiger partial charge in [-0.3, -0.25) is 9.59 Å². The van der Waals surface area contributed by atoms with Crippen molar-refractivity contribution in [3.8, 4) is 0 Å². The Morgan fingerprint density at radius 2 is 1.95 bits per heavy atom. The van der Waals surface area contributed by atoms with E-state index in [-0.39, 0.29) is 23.8 Å². The van der Waals surface area contributed by atoms with Crippen LogP contribution in [0.3, 0.4) is 0 Å². The van der Waals surface area contributed by atoms with Crippen molar-refractivity contribution in [3.05, 3.63) is 29.2 Å². The summed E-state index contributed by atoms with van der Waals surface area (Å²) in [6, 6.07) is -0.253. The van der Waals surface area contributed by atoms with Crippen molar-refractivity contribution in [1.82, 2.24) is 10.5 Å². The second kappa shape index (κ2) is 5.26. The summed E-state index contributed by atoms with van der Waals surface area (Å²) in [5, 5.41) is 16.3. The number of aliphatic carboxylic acids is 1. The number of carboxylic acids is 1. The van der Waals surface area contributed by atoms with Gasteiger partial charge < -0.3 is 14.9 Å². The summed E-state index contributed by atoms with van der Waals surface area (Å²) in [4.78, 5) is 24.1. The van der Waals surface area contributed by atoms with Crippen molar-refractivity contribution in [2.24, 2.45) is 23.7 Å². The van der Waals surface area contributed by atoms with E-state index in [1.165, 1.54) is 0 Å². The molecule has 6 nitrogen and oxygen atoms in total. The maximum atomic E-state index is 12.6. The molecular weight excluding hydrogens is 284 g/mol. The predicted octanol–water partition coefficient (Wildman–Crippen LogP) is 1.99. The Bertz CT molecular complexity index is 629. The van der Waals surface area contributed by atoms with E-state index in [2.05, 4.69) is 10.5 Å². The topological polar surface area (TPSA) is 92.4 Å². The summed E-state index contributed by atoms with van der Waals surface area (Å²) in [5.41, 5.74) is 1.60. The van der Waals surface area contributed by atoms with Crippen LogP contribution in [0.15, 0.2) is 16.7 Å². The van der Waals surface area contributed by atoms with Gasteiger partial charge in [-0.15, -0.1) is 0 Å². The highest BCUT2D eigenvalue weighted by Crippen LogP contribution is 2.48. The van der Waals surface area contributed by atoms with Crippen LogP contribution in [0.25, 0.3) is 0 Å². The molecule has 0 radical (unpaired) electrons. The average molecular weight is 304 g/mol. The highest BCUT2D eigenvalue weighted by atomic mass is 16.5. The van der Waals surface area contributed by atoms with E-state index in [1.807, 2.05) is 26.0 Å². The smallest absolute Gasteiger partial charge is 0.307 e. The monoisotopic (exact) mass is 304 g/mol. The van der Waals surface area contributed by atoms with Crippen LogP contribution in [0.5, 0.6) is 0 Å². The SMILES string of the molecule is Cc1noc(C)c1C(C)NC(=O)C1C2C=CC(C2)C1C(=O)O. The first kappa shape index (κ1) is 14.8. The number of aryl methyl sites for hydroxylation is 2. The molecule has 5 atom stereocenters. The van der Waals surface area contributed by atoms with Gasteiger partial charge in [-0.1, -0.05) is 17.3 Å². The summed E-state index contributed by atoms with van der Waals surface area (Å²) >= 11 is 0. The molecule has 1 aromatic rings. The van der Waals surface area contributed by atoms with Crippen molar-refractivity contribution >= 4 is 11.9 Å². The van der Waals surface area contributed by atoms with Crippen LogP contribution in [-0.2, 0) is 9.59 Å². The Balaban J connectivity index is 1.77. The third kappa shape index (κ3) is 2.23. The van der Waals surface area contributed by atoms with Crippen molar-refractivity contribution in [2.45, 2.75) is 33.2 Å². The molecule has 0 saturated heterocycles. The van der Waals surface area contributed by atoms with Crippen LogP contribution in [0.4, 0.5) is 0 Å². The van der Waals surface area contributed by atoms with E-state index in [0.717, 1.165) is 17.7 Å². The lowest BCUT2D eigenvalue weighted by atomic mass is 9.82. The first-order valence-electron chi connectivity index (χ1n) is 7.54. The van der Waals surface area contributed by atoms with E-state index in [1.54, 1.807) is 6.92 Å². The van der Waals surface area contributed by atoms with Gasteiger partial charge in [-0.05, 0) is 39.0 Å². The number of hydrogen-bond donors (Lipinski definition) is 2. The Labute approximate surface area is 128 Å². The molecule has 1 aromatic heterocycles. The number of nitrogens with zero attached hydrogens (tertiary/aromatic N) is 1. The number of fused-ring (bicyclic) bond motifs is 2. The molecule has 5 unspecified atom stereocenters. The fourth-order valence-corrected chi connectivity index (χ4v) is 4.01. The number of amides is 1. The molecule has 1 heterocycles. The molecule has 2 bridgehead atoms. The average Bonchev–Trinajstić information content (AvgIpc) is 3.12. The minimum absolute atomic E-state index is 0.0207. The molecule has 0 aliphatic heterocycles. The predicted molar refractivity (Wildman–Crippen MR) is 77.9 cm³/mol. The molecule has 0 aromatic carbocycles. The van der Waals surface area contributed by atoms with Gasteiger partial charge in [0.2, 0.25) is 5.91 Å². The van der Waals surface area contributed by atoms with Gasteiger partial charge in [0.1, 0.15) is 5.76 Å². The van der Waals surface area contributed by atoms with Crippen LogP contribution in [-0.4, -0.2) is 22.1 Å². The lowest BCUT2D eigenvalue weighted by Gasteiger charge is -2.25. The molecule has 2 N–H and O–H groups in total. The Morgan fingerprint density at radius 3 is 2.50 bits per heavy atom. The van der Waals surface area contributed by atoms with Crippen LogP contribution in [0.2, 0.25) is 0 Å². The quantitative estimate of drug-likeness (QED) is 0.830. The molecule has 1 amide bonds. The van der Waals surface area contributed by atoms with Crippen LogP contribution >= 0.6 is 0 Å². The zero-order valence-corrected chi connectivity index (χ0v) is 12.9. The minimum Gasteiger partial charge on any atom is -0.481 e. The van der Waals surface area contributed by atoms with Crippen LogP contribution < -0.4 is 5.32 Å². The Hall–Kier alpha value is -2.11. The van der Waals surface area contributed by atoms with Crippen molar-refractivity contribution < 1.29 is 19.2 Å². The molecule has 3 rings (SSSR count). The second-order valence-corrected chi connectivity index (χ2v) is 6.31. The summed E-state index contributed by atoms with van der Waals surface area (Å²) in [5.74, 6) is -1.51. The number of hydrogen-bond acceptors (Lipinski definition) is 4. The molecule has 6 heteroatoms. The molecular formula is C16H20N2O4. The molecule has 22 heavy (non-hydrogen) atoms. The first-order valence-corrected chi connectivity index (χ1v) is 7.54. The standard InChI is InChI=1S/C16H20N2O4/c1-7(12-8(2)18-22-9(12)3)17-15(19)13-10-4-5-11(6-10)14(13)16(20)21/h4-5,7,10-11,13-14H,6H2,1-3H3,(H,17,19)(H,20,21). The van der Waals surface area contributed by atoms with Crippen LogP contribution in [0, 0.1) is 37.5 Å². The van der Waals surface area contributed by atoms with Crippen molar-refractivity contribution in [3.63, 3.8) is 0 Å². The highest BCUT2D eigenvalue weighted by Gasteiger charge is 2.51.